The number of nitrogens with zero attached hydrogens (tertiary/aromatic N) is 1. The van der Waals surface area contributed by atoms with E-state index in [-0.39, 0.29) is 0 Å². The predicted octanol–water partition coefficient (Wildman–Crippen LogP) is 0.571. The smallest absolute Gasteiger partial charge is 0.0743 e. The quantitative estimate of drug-likeness (QED) is 0.677. The second kappa shape index (κ2) is 4.40. The minimum absolute atomic E-state index is 0.307. The van der Waals surface area contributed by atoms with E-state index in [1.807, 2.05) is 13.8 Å². The summed E-state index contributed by atoms with van der Waals surface area (Å²) in [5, 5.41) is 9.88. The Bertz CT molecular complexity index is 159. The van der Waals surface area contributed by atoms with Crippen molar-refractivity contribution < 1.29 is 5.11 Å². The second-order valence-corrected chi connectivity index (χ2v) is 4.49. The Morgan fingerprint density at radius 1 is 1.62 bits per heavy atom. The van der Waals surface area contributed by atoms with Gasteiger partial charge in [0.1, 0.15) is 0 Å². The number of nitrogens with two attached hydrogens (primary N) is 1. The van der Waals surface area contributed by atoms with Gasteiger partial charge in [0.15, 0.2) is 0 Å². The third-order valence-corrected chi connectivity index (χ3v) is 2.87. The Hall–Kier alpha value is -0.120. The normalized spacial score (nSPS) is 30.0. The first kappa shape index (κ1) is 11.0. The maximum absolute atomic E-state index is 9.88. The van der Waals surface area contributed by atoms with E-state index in [9.17, 15) is 5.11 Å². The fourth-order valence-corrected chi connectivity index (χ4v) is 1.83. The van der Waals surface area contributed by atoms with Gasteiger partial charge in [0, 0.05) is 19.1 Å². The SMILES string of the molecule is CCC(C)(O)CN1CCCC(N)C1. The van der Waals surface area contributed by atoms with Gasteiger partial charge in [-0.15, -0.1) is 0 Å². The number of piperidine rings is 1. The molecule has 0 aromatic carbocycles. The molecule has 1 saturated heterocycles. The van der Waals surface area contributed by atoms with Gasteiger partial charge in [0.05, 0.1) is 5.60 Å². The fraction of sp³-hybridized carbons (Fsp3) is 1.00. The minimum atomic E-state index is -0.545. The summed E-state index contributed by atoms with van der Waals surface area (Å²) in [5.74, 6) is 0. The van der Waals surface area contributed by atoms with Crippen LogP contribution in [0.2, 0.25) is 0 Å². The number of β-amino-alcohol motifs (C(OH)–C–C–N with tert-alkyl or cyclic N) is 1. The summed E-state index contributed by atoms with van der Waals surface area (Å²) in [6.07, 6.45) is 3.10. The van der Waals surface area contributed by atoms with Crippen LogP contribution in [0.4, 0.5) is 0 Å². The highest BCUT2D eigenvalue weighted by Gasteiger charge is 2.24. The second-order valence-electron chi connectivity index (χ2n) is 4.49. The van der Waals surface area contributed by atoms with E-state index in [4.69, 9.17) is 5.73 Å². The molecule has 0 aromatic heterocycles. The Kier molecular flexibility index (Phi) is 3.71. The average Bonchev–Trinajstić information content (AvgIpc) is 2.03. The zero-order valence-corrected chi connectivity index (χ0v) is 8.79. The zero-order chi connectivity index (χ0) is 9.90. The van der Waals surface area contributed by atoms with Crippen LogP contribution in [0.15, 0.2) is 0 Å². The topological polar surface area (TPSA) is 49.5 Å². The van der Waals surface area contributed by atoms with Crippen molar-refractivity contribution in [2.24, 2.45) is 5.73 Å². The highest BCUT2D eigenvalue weighted by atomic mass is 16.3. The Balaban J connectivity index is 2.35. The fourth-order valence-electron chi connectivity index (χ4n) is 1.83. The van der Waals surface area contributed by atoms with Gasteiger partial charge in [0.2, 0.25) is 0 Å². The average molecular weight is 186 g/mol. The van der Waals surface area contributed by atoms with Crippen LogP contribution in [0.3, 0.4) is 0 Å². The highest BCUT2D eigenvalue weighted by Crippen LogP contribution is 2.15. The molecule has 1 aliphatic heterocycles. The molecular weight excluding hydrogens is 164 g/mol. The van der Waals surface area contributed by atoms with Gasteiger partial charge in [-0.3, -0.25) is 4.90 Å². The van der Waals surface area contributed by atoms with Gasteiger partial charge >= 0.3 is 0 Å². The Labute approximate surface area is 80.9 Å². The molecule has 2 unspecified atom stereocenters. The van der Waals surface area contributed by atoms with E-state index in [0.717, 1.165) is 32.5 Å². The molecule has 0 spiro atoms. The first-order valence-electron chi connectivity index (χ1n) is 5.24. The van der Waals surface area contributed by atoms with E-state index >= 15 is 0 Å². The molecule has 3 nitrogen and oxygen atoms in total. The van der Waals surface area contributed by atoms with Crippen LogP contribution in [0.5, 0.6) is 0 Å². The molecule has 3 N–H and O–H groups in total. The largest absolute Gasteiger partial charge is 0.389 e. The molecular formula is C10H22N2O. The van der Waals surface area contributed by atoms with Gasteiger partial charge < -0.3 is 10.8 Å². The maximum Gasteiger partial charge on any atom is 0.0743 e. The van der Waals surface area contributed by atoms with Crippen LogP contribution >= 0.6 is 0 Å². The summed E-state index contributed by atoms with van der Waals surface area (Å²) in [5.41, 5.74) is 5.32. The lowest BCUT2D eigenvalue weighted by atomic mass is 10.00. The Morgan fingerprint density at radius 2 is 2.31 bits per heavy atom. The van der Waals surface area contributed by atoms with Crippen molar-refractivity contribution in [2.75, 3.05) is 19.6 Å². The van der Waals surface area contributed by atoms with Gasteiger partial charge in [-0.05, 0) is 32.7 Å². The minimum Gasteiger partial charge on any atom is -0.389 e. The van der Waals surface area contributed by atoms with Crippen molar-refractivity contribution in [1.29, 1.82) is 0 Å². The lowest BCUT2D eigenvalue weighted by molar-refractivity contribution is 0.00915. The molecule has 1 heterocycles. The van der Waals surface area contributed by atoms with Crippen LogP contribution in [0.1, 0.15) is 33.1 Å². The number of hydrogen-bond donors (Lipinski definition) is 2. The highest BCUT2D eigenvalue weighted by molar-refractivity contribution is 4.81. The molecule has 0 radical (unpaired) electrons. The van der Waals surface area contributed by atoms with Gasteiger partial charge in [-0.2, -0.15) is 0 Å². The van der Waals surface area contributed by atoms with Crippen molar-refractivity contribution in [1.82, 2.24) is 4.90 Å². The monoisotopic (exact) mass is 186 g/mol. The van der Waals surface area contributed by atoms with Crippen molar-refractivity contribution in [3.05, 3.63) is 0 Å². The van der Waals surface area contributed by atoms with Crippen molar-refractivity contribution in [3.63, 3.8) is 0 Å². The van der Waals surface area contributed by atoms with E-state index in [1.165, 1.54) is 6.42 Å². The third-order valence-electron chi connectivity index (χ3n) is 2.87. The molecule has 0 saturated carbocycles. The summed E-state index contributed by atoms with van der Waals surface area (Å²) in [6.45, 7) is 6.70. The molecule has 1 aliphatic rings. The molecule has 3 heteroatoms. The van der Waals surface area contributed by atoms with Crippen LogP contribution in [0.25, 0.3) is 0 Å². The number of aliphatic hydroxyl groups is 1. The molecule has 1 fully saturated rings. The molecule has 0 aliphatic carbocycles. The number of hydrogen-bond acceptors (Lipinski definition) is 3. The van der Waals surface area contributed by atoms with Gasteiger partial charge in [-0.25, -0.2) is 0 Å². The van der Waals surface area contributed by atoms with Crippen LogP contribution in [-0.2, 0) is 0 Å². The summed E-state index contributed by atoms with van der Waals surface area (Å²) >= 11 is 0. The molecule has 0 bridgehead atoms. The predicted molar refractivity (Wildman–Crippen MR) is 54.6 cm³/mol. The van der Waals surface area contributed by atoms with Gasteiger partial charge in [0.25, 0.3) is 0 Å². The van der Waals surface area contributed by atoms with Crippen molar-refractivity contribution in [2.45, 2.75) is 44.8 Å². The van der Waals surface area contributed by atoms with Crippen LogP contribution < -0.4 is 5.73 Å². The van der Waals surface area contributed by atoms with Crippen molar-refractivity contribution >= 4 is 0 Å². The molecule has 78 valence electrons. The Morgan fingerprint density at radius 3 is 2.85 bits per heavy atom. The first-order valence-corrected chi connectivity index (χ1v) is 5.24. The van der Waals surface area contributed by atoms with Crippen molar-refractivity contribution in [3.8, 4) is 0 Å². The summed E-state index contributed by atoms with van der Waals surface area (Å²) in [4.78, 5) is 2.28. The van der Waals surface area contributed by atoms with Crippen LogP contribution in [-0.4, -0.2) is 41.3 Å². The summed E-state index contributed by atoms with van der Waals surface area (Å²) in [6, 6.07) is 0.307. The molecule has 1 rings (SSSR count). The zero-order valence-electron chi connectivity index (χ0n) is 8.79. The van der Waals surface area contributed by atoms with Gasteiger partial charge in [-0.1, -0.05) is 6.92 Å². The first-order chi connectivity index (χ1) is 6.03. The molecule has 13 heavy (non-hydrogen) atoms. The van der Waals surface area contributed by atoms with Crippen LogP contribution in [0, 0.1) is 0 Å². The van der Waals surface area contributed by atoms with E-state index in [0.29, 0.717) is 6.04 Å². The lowest BCUT2D eigenvalue weighted by Crippen LogP contribution is -2.48. The number of likely N-dealkylation sites (tertiary alicyclic amines) is 1. The lowest BCUT2D eigenvalue weighted by Gasteiger charge is -2.35. The third kappa shape index (κ3) is 3.63. The molecule has 0 amide bonds. The van der Waals surface area contributed by atoms with E-state index < -0.39 is 5.60 Å². The van der Waals surface area contributed by atoms with E-state index in [2.05, 4.69) is 4.90 Å². The van der Waals surface area contributed by atoms with E-state index in [1.54, 1.807) is 0 Å². The summed E-state index contributed by atoms with van der Waals surface area (Å²) < 4.78 is 0. The maximum atomic E-state index is 9.88. The molecule has 0 aromatic rings. The molecule has 2 atom stereocenters. The summed E-state index contributed by atoms with van der Waals surface area (Å²) in [7, 11) is 0. The number of rotatable bonds is 3. The standard InChI is InChI=1S/C10H22N2O/c1-3-10(2,13)8-12-6-4-5-9(11)7-12/h9,13H,3-8,11H2,1-2H3.